The average Bonchev–Trinajstić information content (AvgIpc) is 2.77. The molecule has 1 aliphatic rings. The summed E-state index contributed by atoms with van der Waals surface area (Å²) in [5.41, 5.74) is 6.82. The Kier molecular flexibility index (Phi) is 4.31. The molecule has 1 aliphatic carbocycles. The van der Waals surface area contributed by atoms with Gasteiger partial charge in [0, 0.05) is 18.2 Å². The summed E-state index contributed by atoms with van der Waals surface area (Å²) in [6, 6.07) is 2.02. The molecule has 0 bridgehead atoms. The van der Waals surface area contributed by atoms with Crippen LogP contribution in [-0.2, 0) is 10.0 Å². The molecular formula is C13H19N3O4S. The lowest BCUT2D eigenvalue weighted by molar-refractivity contribution is -0.387. The molecule has 2 atom stereocenters. The molecule has 8 heteroatoms. The second kappa shape index (κ2) is 5.70. The number of hydrogen-bond donors (Lipinski definition) is 2. The smallest absolute Gasteiger partial charge is 0.289 e. The van der Waals surface area contributed by atoms with Gasteiger partial charge in [-0.05, 0) is 43.9 Å². The summed E-state index contributed by atoms with van der Waals surface area (Å²) in [5.74, 6) is 0. The predicted molar refractivity (Wildman–Crippen MR) is 78.5 cm³/mol. The minimum atomic E-state index is -3.96. The van der Waals surface area contributed by atoms with E-state index in [1.165, 1.54) is 12.1 Å². The molecule has 0 heterocycles. The van der Waals surface area contributed by atoms with Gasteiger partial charge in [-0.15, -0.1) is 0 Å². The number of hydrogen-bond acceptors (Lipinski definition) is 5. The lowest BCUT2D eigenvalue weighted by Gasteiger charge is -2.17. The van der Waals surface area contributed by atoms with E-state index in [4.69, 9.17) is 5.73 Å². The summed E-state index contributed by atoms with van der Waals surface area (Å²) in [6.07, 6.45) is 2.25. The molecule has 1 aromatic carbocycles. The molecule has 0 amide bonds. The van der Waals surface area contributed by atoms with Crippen LogP contribution in [0.1, 0.15) is 30.4 Å². The highest BCUT2D eigenvalue weighted by Gasteiger charge is 2.32. The fourth-order valence-corrected chi connectivity index (χ4v) is 4.09. The fourth-order valence-electron chi connectivity index (χ4n) is 2.53. The van der Waals surface area contributed by atoms with E-state index in [1.54, 1.807) is 13.8 Å². The number of sulfonamides is 1. The first-order valence-electron chi connectivity index (χ1n) is 6.76. The molecule has 116 valence electrons. The van der Waals surface area contributed by atoms with Crippen LogP contribution < -0.4 is 10.5 Å². The second-order valence-electron chi connectivity index (χ2n) is 5.48. The number of rotatable bonds is 4. The van der Waals surface area contributed by atoms with E-state index in [-0.39, 0.29) is 17.0 Å². The van der Waals surface area contributed by atoms with E-state index in [9.17, 15) is 18.5 Å². The van der Waals surface area contributed by atoms with Crippen LogP contribution in [0.25, 0.3) is 0 Å². The average molecular weight is 313 g/mol. The molecule has 2 rings (SSSR count). The van der Waals surface area contributed by atoms with Crippen molar-refractivity contribution in [3.05, 3.63) is 33.4 Å². The van der Waals surface area contributed by atoms with Gasteiger partial charge in [0.1, 0.15) is 0 Å². The largest absolute Gasteiger partial charge is 0.326 e. The Hall–Kier alpha value is -1.51. The molecule has 7 nitrogen and oxygen atoms in total. The highest BCUT2D eigenvalue weighted by molar-refractivity contribution is 7.89. The van der Waals surface area contributed by atoms with Crippen molar-refractivity contribution in [1.82, 2.24) is 4.72 Å². The summed E-state index contributed by atoms with van der Waals surface area (Å²) >= 11 is 0. The maximum absolute atomic E-state index is 12.5. The molecule has 3 N–H and O–H groups in total. The van der Waals surface area contributed by atoms with Crippen LogP contribution in [0.15, 0.2) is 17.0 Å². The van der Waals surface area contributed by atoms with Crippen molar-refractivity contribution < 1.29 is 13.3 Å². The number of nitro groups is 1. The van der Waals surface area contributed by atoms with Crippen LogP contribution in [0.2, 0.25) is 0 Å². The summed E-state index contributed by atoms with van der Waals surface area (Å²) < 4.78 is 27.4. The number of nitrogens with one attached hydrogen (secondary N) is 1. The quantitative estimate of drug-likeness (QED) is 0.643. The molecule has 1 aromatic rings. The first kappa shape index (κ1) is 15.9. The van der Waals surface area contributed by atoms with Gasteiger partial charge >= 0.3 is 0 Å². The van der Waals surface area contributed by atoms with Crippen LogP contribution in [0, 0.1) is 24.0 Å². The Morgan fingerprint density at radius 3 is 2.43 bits per heavy atom. The van der Waals surface area contributed by atoms with Gasteiger partial charge in [-0.25, -0.2) is 13.1 Å². The molecule has 1 fully saturated rings. The zero-order valence-electron chi connectivity index (χ0n) is 12.0. The number of nitro benzene ring substituents is 1. The van der Waals surface area contributed by atoms with E-state index in [0.29, 0.717) is 17.5 Å². The van der Waals surface area contributed by atoms with Crippen molar-refractivity contribution in [3.63, 3.8) is 0 Å². The Morgan fingerprint density at radius 2 is 1.90 bits per heavy atom. The van der Waals surface area contributed by atoms with Gasteiger partial charge in [0.25, 0.3) is 5.69 Å². The summed E-state index contributed by atoms with van der Waals surface area (Å²) in [5, 5.41) is 11.1. The number of nitrogens with two attached hydrogens (primary N) is 1. The molecule has 0 aromatic heterocycles. The number of aryl methyl sites for hydroxylation is 2. The van der Waals surface area contributed by atoms with Crippen molar-refractivity contribution in [1.29, 1.82) is 0 Å². The summed E-state index contributed by atoms with van der Waals surface area (Å²) in [7, 11) is -3.96. The zero-order valence-corrected chi connectivity index (χ0v) is 12.8. The van der Waals surface area contributed by atoms with Crippen molar-refractivity contribution >= 4 is 15.7 Å². The molecular weight excluding hydrogens is 294 g/mol. The minimum absolute atomic E-state index is 0.245. The van der Waals surface area contributed by atoms with Gasteiger partial charge < -0.3 is 5.73 Å². The first-order chi connectivity index (χ1) is 9.72. The van der Waals surface area contributed by atoms with Crippen LogP contribution in [0.4, 0.5) is 5.69 Å². The molecule has 0 radical (unpaired) electrons. The van der Waals surface area contributed by atoms with E-state index in [1.807, 2.05) is 0 Å². The maximum Gasteiger partial charge on any atom is 0.289 e. The normalized spacial score (nSPS) is 22.4. The van der Waals surface area contributed by atoms with Gasteiger partial charge in [0.2, 0.25) is 10.0 Å². The second-order valence-corrected chi connectivity index (χ2v) is 7.17. The Balaban J connectivity index is 2.44. The Bertz CT molecular complexity index is 672. The van der Waals surface area contributed by atoms with Gasteiger partial charge in [-0.3, -0.25) is 10.1 Å². The first-order valence-corrected chi connectivity index (χ1v) is 8.24. The SMILES string of the molecule is Cc1cc([N+](=O)[O-])c(S(=O)(=O)NC2CCCC2N)cc1C. The third-order valence-corrected chi connectivity index (χ3v) is 5.46. The Morgan fingerprint density at radius 1 is 1.29 bits per heavy atom. The Labute approximate surface area is 123 Å². The van der Waals surface area contributed by atoms with Gasteiger partial charge in [0.05, 0.1) is 4.92 Å². The molecule has 2 unspecified atom stereocenters. The molecule has 0 aliphatic heterocycles. The fraction of sp³-hybridized carbons (Fsp3) is 0.538. The van der Waals surface area contributed by atoms with Gasteiger partial charge in [0.15, 0.2) is 4.90 Å². The maximum atomic E-state index is 12.5. The monoisotopic (exact) mass is 313 g/mol. The van der Waals surface area contributed by atoms with Crippen LogP contribution in [0.5, 0.6) is 0 Å². The standard InChI is InChI=1S/C13H19N3O4S/c1-8-6-12(16(17)18)13(7-9(8)2)21(19,20)15-11-5-3-4-10(11)14/h6-7,10-11,15H,3-5,14H2,1-2H3. The van der Waals surface area contributed by atoms with Crippen molar-refractivity contribution in [2.24, 2.45) is 5.73 Å². The summed E-state index contributed by atoms with van der Waals surface area (Å²) in [4.78, 5) is 10.2. The van der Waals surface area contributed by atoms with Crippen molar-refractivity contribution in [2.45, 2.75) is 50.1 Å². The van der Waals surface area contributed by atoms with E-state index in [2.05, 4.69) is 4.72 Å². The lowest BCUT2D eigenvalue weighted by Crippen LogP contribution is -2.44. The number of nitrogens with zero attached hydrogens (tertiary/aromatic N) is 1. The van der Waals surface area contributed by atoms with Gasteiger partial charge in [-0.2, -0.15) is 0 Å². The third kappa shape index (κ3) is 3.22. The van der Waals surface area contributed by atoms with E-state index >= 15 is 0 Å². The predicted octanol–water partition coefficient (Wildman–Crippen LogP) is 1.37. The van der Waals surface area contributed by atoms with E-state index < -0.39 is 20.6 Å². The topological polar surface area (TPSA) is 115 Å². The number of benzene rings is 1. The third-order valence-electron chi connectivity index (χ3n) is 3.94. The lowest BCUT2D eigenvalue weighted by atomic mass is 10.1. The van der Waals surface area contributed by atoms with Crippen LogP contribution in [0.3, 0.4) is 0 Å². The van der Waals surface area contributed by atoms with Gasteiger partial charge in [-0.1, -0.05) is 6.42 Å². The van der Waals surface area contributed by atoms with E-state index in [0.717, 1.165) is 12.8 Å². The van der Waals surface area contributed by atoms with Crippen molar-refractivity contribution in [2.75, 3.05) is 0 Å². The van der Waals surface area contributed by atoms with Crippen molar-refractivity contribution in [3.8, 4) is 0 Å². The van der Waals surface area contributed by atoms with Crippen LogP contribution in [-0.4, -0.2) is 25.4 Å². The van der Waals surface area contributed by atoms with Crippen LogP contribution >= 0.6 is 0 Å². The molecule has 21 heavy (non-hydrogen) atoms. The zero-order chi connectivity index (χ0) is 15.8. The minimum Gasteiger partial charge on any atom is -0.326 e. The highest BCUT2D eigenvalue weighted by atomic mass is 32.2. The molecule has 1 saturated carbocycles. The summed E-state index contributed by atoms with van der Waals surface area (Å²) in [6.45, 7) is 3.43. The molecule has 0 spiro atoms. The highest BCUT2D eigenvalue weighted by Crippen LogP contribution is 2.28. The molecule has 0 saturated heterocycles.